The number of alkyl halides is 3. The molecule has 0 radical (unpaired) electrons. The molecule has 10 heteroatoms. The van der Waals surface area contributed by atoms with Crippen molar-refractivity contribution >= 4 is 21.8 Å². The minimum absolute atomic E-state index is 0.0433. The summed E-state index contributed by atoms with van der Waals surface area (Å²) in [5.41, 5.74) is 6.40. The Morgan fingerprint density at radius 2 is 0.692 bits per heavy atom. The Balaban J connectivity index is 1.15. The summed E-state index contributed by atoms with van der Waals surface area (Å²) in [4.78, 5) is 29.7. The number of hydrogen-bond donors (Lipinski definition) is 0. The SMILES string of the molecule is FC(F)(F)c1ccccc1-c1ccc(-c2nc(-c3ccccc3)nc(-c3ccccc3)n2)cc1-n1c2ccccc2c2cc(-c3nc(-c4ccccc4)nc(-c4ccccc4)n3)ccc21. The van der Waals surface area contributed by atoms with Crippen molar-refractivity contribution in [3.63, 3.8) is 0 Å². The highest BCUT2D eigenvalue weighted by Crippen LogP contribution is 2.43. The molecular formula is C55H34F3N7. The first-order valence-corrected chi connectivity index (χ1v) is 20.9. The maximum atomic E-state index is 14.9. The lowest BCUT2D eigenvalue weighted by atomic mass is 9.96. The molecule has 0 aliphatic carbocycles. The smallest absolute Gasteiger partial charge is 0.309 e. The van der Waals surface area contributed by atoms with E-state index in [1.54, 1.807) is 18.2 Å². The van der Waals surface area contributed by atoms with Gasteiger partial charge in [-0.25, -0.2) is 29.9 Å². The zero-order valence-corrected chi connectivity index (χ0v) is 34.4. The number of nitrogens with zero attached hydrogens (tertiary/aromatic N) is 7. The molecule has 0 saturated carbocycles. The molecule has 7 nitrogen and oxygen atoms in total. The van der Waals surface area contributed by atoms with Crippen molar-refractivity contribution in [2.45, 2.75) is 6.18 Å². The number of rotatable bonds is 8. The minimum Gasteiger partial charge on any atom is -0.309 e. The van der Waals surface area contributed by atoms with Gasteiger partial charge < -0.3 is 4.57 Å². The van der Waals surface area contributed by atoms with Gasteiger partial charge in [0.25, 0.3) is 0 Å². The first-order valence-electron chi connectivity index (χ1n) is 20.9. The van der Waals surface area contributed by atoms with Crippen LogP contribution in [0.25, 0.3) is 107 Å². The molecule has 0 bridgehead atoms. The molecule has 0 atom stereocenters. The van der Waals surface area contributed by atoms with Crippen LogP contribution in [-0.2, 0) is 6.18 Å². The van der Waals surface area contributed by atoms with Crippen molar-refractivity contribution in [1.82, 2.24) is 34.5 Å². The second kappa shape index (κ2) is 16.2. The van der Waals surface area contributed by atoms with E-state index in [0.29, 0.717) is 51.8 Å². The first-order chi connectivity index (χ1) is 31.9. The minimum atomic E-state index is -4.62. The van der Waals surface area contributed by atoms with Crippen LogP contribution in [0.1, 0.15) is 5.56 Å². The first kappa shape index (κ1) is 39.2. The zero-order chi connectivity index (χ0) is 43.9. The Morgan fingerprint density at radius 1 is 0.308 bits per heavy atom. The highest BCUT2D eigenvalue weighted by Gasteiger charge is 2.34. The van der Waals surface area contributed by atoms with E-state index in [1.165, 1.54) is 12.1 Å². The van der Waals surface area contributed by atoms with Gasteiger partial charge in [-0.05, 0) is 42.0 Å². The molecule has 11 aromatic rings. The summed E-state index contributed by atoms with van der Waals surface area (Å²) in [6, 6.07) is 63.8. The lowest BCUT2D eigenvalue weighted by molar-refractivity contribution is -0.137. The third-order valence-corrected chi connectivity index (χ3v) is 11.3. The van der Waals surface area contributed by atoms with Gasteiger partial charge in [0, 0.05) is 49.7 Å². The van der Waals surface area contributed by atoms with E-state index in [2.05, 4.69) is 0 Å². The fourth-order valence-electron chi connectivity index (χ4n) is 8.30. The largest absolute Gasteiger partial charge is 0.417 e. The van der Waals surface area contributed by atoms with E-state index in [9.17, 15) is 13.2 Å². The average Bonchev–Trinajstić information content (AvgIpc) is 3.70. The molecule has 0 saturated heterocycles. The van der Waals surface area contributed by atoms with E-state index >= 15 is 0 Å². The number of hydrogen-bond acceptors (Lipinski definition) is 6. The maximum absolute atomic E-state index is 14.9. The zero-order valence-electron chi connectivity index (χ0n) is 34.4. The number of aromatic nitrogens is 7. The number of fused-ring (bicyclic) bond motifs is 3. The standard InChI is InChI=1S/C55H34F3N7/c56-55(57,58)45-27-15-13-25-41(45)43-31-29-40(54-63-51(37-21-9-3-10-22-37)60-52(64-54)38-23-11-4-12-24-38)34-48(43)65-46-28-16-14-26-42(46)44-33-39(30-32-47(44)65)53-61-49(35-17-5-1-6-18-35)59-50(62-53)36-19-7-2-8-20-36/h1-34H. The van der Waals surface area contributed by atoms with Crippen LogP contribution in [0.15, 0.2) is 206 Å². The molecule has 0 fully saturated rings. The highest BCUT2D eigenvalue weighted by molar-refractivity contribution is 6.11. The quantitative estimate of drug-likeness (QED) is 0.151. The lowest BCUT2D eigenvalue weighted by Crippen LogP contribution is -2.08. The molecule has 0 aliphatic rings. The van der Waals surface area contributed by atoms with E-state index in [1.807, 2.05) is 174 Å². The second-order valence-corrected chi connectivity index (χ2v) is 15.4. The predicted octanol–water partition coefficient (Wildman–Crippen LogP) is 13.8. The molecule has 3 aromatic heterocycles. The van der Waals surface area contributed by atoms with E-state index in [-0.39, 0.29) is 5.56 Å². The van der Waals surface area contributed by atoms with Crippen LogP contribution in [0.3, 0.4) is 0 Å². The second-order valence-electron chi connectivity index (χ2n) is 15.4. The Bertz CT molecular complexity index is 3410. The fraction of sp³-hybridized carbons (Fsp3) is 0.0182. The van der Waals surface area contributed by atoms with E-state index in [4.69, 9.17) is 29.9 Å². The van der Waals surface area contributed by atoms with Crippen LogP contribution < -0.4 is 0 Å². The van der Waals surface area contributed by atoms with Gasteiger partial charge in [-0.2, -0.15) is 13.2 Å². The Hall–Kier alpha value is -8.63. The molecule has 8 aromatic carbocycles. The van der Waals surface area contributed by atoms with Crippen molar-refractivity contribution in [1.29, 1.82) is 0 Å². The molecule has 3 heterocycles. The fourth-order valence-corrected chi connectivity index (χ4v) is 8.30. The number of benzene rings is 8. The van der Waals surface area contributed by atoms with Crippen LogP contribution in [0.2, 0.25) is 0 Å². The van der Waals surface area contributed by atoms with Gasteiger partial charge in [-0.1, -0.05) is 170 Å². The summed E-state index contributed by atoms with van der Waals surface area (Å²) in [5, 5.41) is 1.75. The third kappa shape index (κ3) is 7.46. The predicted molar refractivity (Wildman–Crippen MR) is 251 cm³/mol. The molecule has 0 spiro atoms. The summed E-state index contributed by atoms with van der Waals surface area (Å²) in [7, 11) is 0. The van der Waals surface area contributed by atoms with Crippen LogP contribution in [0.4, 0.5) is 13.2 Å². The van der Waals surface area contributed by atoms with Gasteiger partial charge in [-0.15, -0.1) is 0 Å². The van der Waals surface area contributed by atoms with Gasteiger partial charge in [0.15, 0.2) is 34.9 Å². The summed E-state index contributed by atoms with van der Waals surface area (Å²) in [6.07, 6.45) is -4.62. The number of para-hydroxylation sites is 1. The third-order valence-electron chi connectivity index (χ3n) is 11.3. The van der Waals surface area contributed by atoms with Crippen molar-refractivity contribution in [2.75, 3.05) is 0 Å². The van der Waals surface area contributed by atoms with Crippen LogP contribution in [0, 0.1) is 0 Å². The topological polar surface area (TPSA) is 82.3 Å². The monoisotopic (exact) mass is 849 g/mol. The van der Waals surface area contributed by atoms with Gasteiger partial charge >= 0.3 is 6.18 Å². The van der Waals surface area contributed by atoms with Crippen LogP contribution in [0.5, 0.6) is 0 Å². The summed E-state index contributed by atoms with van der Waals surface area (Å²) in [5.74, 6) is 2.86. The van der Waals surface area contributed by atoms with Gasteiger partial charge in [0.05, 0.1) is 22.3 Å². The Morgan fingerprint density at radius 3 is 1.18 bits per heavy atom. The molecule has 11 rings (SSSR count). The van der Waals surface area contributed by atoms with Crippen molar-refractivity contribution in [3.05, 3.63) is 212 Å². The maximum Gasteiger partial charge on any atom is 0.417 e. The van der Waals surface area contributed by atoms with Crippen LogP contribution >= 0.6 is 0 Å². The van der Waals surface area contributed by atoms with Gasteiger partial charge in [0.2, 0.25) is 0 Å². The molecule has 0 aliphatic heterocycles. The van der Waals surface area contributed by atoms with E-state index in [0.717, 1.165) is 55.7 Å². The molecular weight excluding hydrogens is 816 g/mol. The Kier molecular flexibility index (Phi) is 9.81. The molecule has 310 valence electrons. The molecule has 0 unspecified atom stereocenters. The molecule has 65 heavy (non-hydrogen) atoms. The lowest BCUT2D eigenvalue weighted by Gasteiger charge is -2.19. The normalized spacial score (nSPS) is 11.6. The van der Waals surface area contributed by atoms with Crippen molar-refractivity contribution in [2.24, 2.45) is 0 Å². The average molecular weight is 850 g/mol. The van der Waals surface area contributed by atoms with Gasteiger partial charge in [0.1, 0.15) is 0 Å². The van der Waals surface area contributed by atoms with Gasteiger partial charge in [-0.3, -0.25) is 0 Å². The molecule has 0 N–H and O–H groups in total. The van der Waals surface area contributed by atoms with Crippen LogP contribution in [-0.4, -0.2) is 34.5 Å². The van der Waals surface area contributed by atoms with E-state index < -0.39 is 11.7 Å². The summed E-state index contributed by atoms with van der Waals surface area (Å²) < 4.78 is 46.7. The Labute approximate surface area is 371 Å². The summed E-state index contributed by atoms with van der Waals surface area (Å²) >= 11 is 0. The summed E-state index contributed by atoms with van der Waals surface area (Å²) in [6.45, 7) is 0. The van der Waals surface area contributed by atoms with Crippen molar-refractivity contribution < 1.29 is 13.2 Å². The number of halogens is 3. The van der Waals surface area contributed by atoms with Crippen molar-refractivity contribution in [3.8, 4) is 85.1 Å². The highest BCUT2D eigenvalue weighted by atomic mass is 19.4. The molecule has 0 amide bonds.